The summed E-state index contributed by atoms with van der Waals surface area (Å²) in [4.78, 5) is 6.41. The highest BCUT2D eigenvalue weighted by atomic mass is 16.3. The van der Waals surface area contributed by atoms with E-state index in [0.717, 1.165) is 17.6 Å². The van der Waals surface area contributed by atoms with Gasteiger partial charge in [-0.3, -0.25) is 4.90 Å². The van der Waals surface area contributed by atoms with Gasteiger partial charge in [-0.15, -0.1) is 0 Å². The molecule has 0 spiro atoms. The molecular formula is C14H21N3O. The first-order valence-corrected chi connectivity index (χ1v) is 6.34. The van der Waals surface area contributed by atoms with Crippen LogP contribution in [0.4, 0.5) is 0 Å². The molecule has 2 rings (SSSR count). The van der Waals surface area contributed by atoms with Crippen LogP contribution in [0.3, 0.4) is 0 Å². The molecule has 18 heavy (non-hydrogen) atoms. The van der Waals surface area contributed by atoms with Gasteiger partial charge in [0.2, 0.25) is 0 Å². The molecule has 0 bridgehead atoms. The Morgan fingerprint density at radius 1 is 1.39 bits per heavy atom. The van der Waals surface area contributed by atoms with Gasteiger partial charge in [0.15, 0.2) is 12.0 Å². The van der Waals surface area contributed by atoms with E-state index in [9.17, 15) is 0 Å². The Morgan fingerprint density at radius 3 is 2.83 bits per heavy atom. The predicted octanol–water partition coefficient (Wildman–Crippen LogP) is 2.24. The standard InChI is InChI=1S/C14H21N3O/c1-10(2)13(7-15)17(3)8-11-4-5-12-14(6-11)18-9-16-12/h4-6,9-10,13H,7-8,15H2,1-3H3. The average molecular weight is 247 g/mol. The van der Waals surface area contributed by atoms with E-state index in [4.69, 9.17) is 10.2 Å². The lowest BCUT2D eigenvalue weighted by Crippen LogP contribution is -2.41. The van der Waals surface area contributed by atoms with Crippen LogP contribution in [0.5, 0.6) is 0 Å². The number of fused-ring (bicyclic) bond motifs is 1. The fourth-order valence-corrected chi connectivity index (χ4v) is 2.36. The molecular weight excluding hydrogens is 226 g/mol. The molecule has 1 aromatic carbocycles. The number of likely N-dealkylation sites (N-methyl/N-ethyl adjacent to an activating group) is 1. The summed E-state index contributed by atoms with van der Waals surface area (Å²) in [5.74, 6) is 0.550. The topological polar surface area (TPSA) is 55.3 Å². The minimum atomic E-state index is 0.399. The van der Waals surface area contributed by atoms with Gasteiger partial charge in [-0.25, -0.2) is 4.98 Å². The highest BCUT2D eigenvalue weighted by Crippen LogP contribution is 2.17. The van der Waals surface area contributed by atoms with E-state index in [1.807, 2.05) is 12.1 Å². The van der Waals surface area contributed by atoms with Crippen LogP contribution in [0.15, 0.2) is 29.0 Å². The Bertz CT molecular complexity index is 506. The normalized spacial score (nSPS) is 13.7. The number of aromatic nitrogens is 1. The summed E-state index contributed by atoms with van der Waals surface area (Å²) < 4.78 is 5.32. The Hall–Kier alpha value is -1.39. The minimum absolute atomic E-state index is 0.399. The molecule has 4 heteroatoms. The molecule has 1 heterocycles. The third-order valence-electron chi connectivity index (χ3n) is 3.40. The van der Waals surface area contributed by atoms with Crippen LogP contribution in [0, 0.1) is 5.92 Å². The van der Waals surface area contributed by atoms with Gasteiger partial charge in [-0.1, -0.05) is 19.9 Å². The number of rotatable bonds is 5. The molecule has 0 radical (unpaired) electrons. The van der Waals surface area contributed by atoms with Crippen molar-refractivity contribution in [3.63, 3.8) is 0 Å². The quantitative estimate of drug-likeness (QED) is 0.880. The third-order valence-corrected chi connectivity index (χ3v) is 3.40. The van der Waals surface area contributed by atoms with Crippen LogP contribution in [0.25, 0.3) is 11.1 Å². The molecule has 0 aliphatic rings. The molecule has 0 aliphatic heterocycles. The summed E-state index contributed by atoms with van der Waals surface area (Å²) in [6.07, 6.45) is 1.48. The number of nitrogens with two attached hydrogens (primary N) is 1. The third kappa shape index (κ3) is 2.71. The molecule has 98 valence electrons. The Balaban J connectivity index is 2.12. The maximum Gasteiger partial charge on any atom is 0.181 e. The zero-order valence-corrected chi connectivity index (χ0v) is 11.3. The van der Waals surface area contributed by atoms with Gasteiger partial charge in [0.05, 0.1) is 0 Å². The molecule has 1 unspecified atom stereocenters. The second-order valence-corrected chi connectivity index (χ2v) is 5.12. The monoisotopic (exact) mass is 247 g/mol. The van der Waals surface area contributed by atoms with Gasteiger partial charge in [-0.2, -0.15) is 0 Å². The van der Waals surface area contributed by atoms with Crippen molar-refractivity contribution < 1.29 is 4.42 Å². The van der Waals surface area contributed by atoms with Gasteiger partial charge >= 0.3 is 0 Å². The maximum absolute atomic E-state index is 5.83. The van der Waals surface area contributed by atoms with E-state index in [1.165, 1.54) is 12.0 Å². The SMILES string of the molecule is CC(C)C(CN)N(C)Cc1ccc2ncoc2c1. The van der Waals surface area contributed by atoms with Gasteiger partial charge in [-0.05, 0) is 30.7 Å². The van der Waals surface area contributed by atoms with Crippen LogP contribution in [-0.4, -0.2) is 29.5 Å². The molecule has 0 fully saturated rings. The molecule has 1 aromatic heterocycles. The number of hydrogen-bond acceptors (Lipinski definition) is 4. The van der Waals surface area contributed by atoms with Crippen LogP contribution in [0.1, 0.15) is 19.4 Å². The zero-order chi connectivity index (χ0) is 13.1. The molecule has 0 saturated heterocycles. The largest absolute Gasteiger partial charge is 0.443 e. The Labute approximate surface area is 108 Å². The van der Waals surface area contributed by atoms with Crippen molar-refractivity contribution in [2.45, 2.75) is 26.4 Å². The van der Waals surface area contributed by atoms with E-state index in [0.29, 0.717) is 18.5 Å². The van der Waals surface area contributed by atoms with E-state index in [-0.39, 0.29) is 0 Å². The van der Waals surface area contributed by atoms with Gasteiger partial charge in [0.25, 0.3) is 0 Å². The summed E-state index contributed by atoms with van der Waals surface area (Å²) in [5.41, 5.74) is 8.80. The first-order valence-electron chi connectivity index (χ1n) is 6.34. The van der Waals surface area contributed by atoms with E-state index in [1.54, 1.807) is 0 Å². The second kappa shape index (κ2) is 5.50. The van der Waals surface area contributed by atoms with Crippen LogP contribution in [-0.2, 0) is 6.54 Å². The number of benzene rings is 1. The first-order chi connectivity index (χ1) is 8.61. The lowest BCUT2D eigenvalue weighted by molar-refractivity contribution is 0.190. The van der Waals surface area contributed by atoms with Crippen LogP contribution in [0.2, 0.25) is 0 Å². The number of oxazole rings is 1. The zero-order valence-electron chi connectivity index (χ0n) is 11.3. The van der Waals surface area contributed by atoms with Crippen molar-refractivity contribution in [3.05, 3.63) is 30.2 Å². The highest BCUT2D eigenvalue weighted by Gasteiger charge is 2.17. The van der Waals surface area contributed by atoms with Crippen molar-refractivity contribution >= 4 is 11.1 Å². The molecule has 0 aliphatic carbocycles. The van der Waals surface area contributed by atoms with Gasteiger partial charge in [0.1, 0.15) is 5.52 Å². The molecule has 4 nitrogen and oxygen atoms in total. The van der Waals surface area contributed by atoms with Crippen molar-refractivity contribution in [1.82, 2.24) is 9.88 Å². The van der Waals surface area contributed by atoms with Crippen molar-refractivity contribution in [3.8, 4) is 0 Å². The second-order valence-electron chi connectivity index (χ2n) is 5.12. The van der Waals surface area contributed by atoms with Crippen molar-refractivity contribution in [1.29, 1.82) is 0 Å². The fraction of sp³-hybridized carbons (Fsp3) is 0.500. The first kappa shape index (κ1) is 13.1. The highest BCUT2D eigenvalue weighted by molar-refractivity contribution is 5.72. The smallest absolute Gasteiger partial charge is 0.181 e. The maximum atomic E-state index is 5.83. The van der Waals surface area contributed by atoms with Crippen LogP contribution < -0.4 is 5.73 Å². The van der Waals surface area contributed by atoms with E-state index >= 15 is 0 Å². The van der Waals surface area contributed by atoms with Crippen molar-refractivity contribution in [2.75, 3.05) is 13.6 Å². The fourth-order valence-electron chi connectivity index (χ4n) is 2.36. The number of nitrogens with zero attached hydrogens (tertiary/aromatic N) is 2. The predicted molar refractivity (Wildman–Crippen MR) is 73.2 cm³/mol. The molecule has 1 atom stereocenters. The summed E-state index contributed by atoms with van der Waals surface area (Å²) in [7, 11) is 2.11. The van der Waals surface area contributed by atoms with E-state index < -0.39 is 0 Å². The summed E-state index contributed by atoms with van der Waals surface area (Å²) >= 11 is 0. The lowest BCUT2D eigenvalue weighted by Gasteiger charge is -2.30. The summed E-state index contributed by atoms with van der Waals surface area (Å²) in [6, 6.07) is 6.53. The minimum Gasteiger partial charge on any atom is -0.443 e. The van der Waals surface area contributed by atoms with Gasteiger partial charge in [0, 0.05) is 19.1 Å². The van der Waals surface area contributed by atoms with Gasteiger partial charge < -0.3 is 10.2 Å². The Kier molecular flexibility index (Phi) is 3.99. The average Bonchev–Trinajstić information content (AvgIpc) is 2.76. The summed E-state index contributed by atoms with van der Waals surface area (Å²) in [6.45, 7) is 5.96. The van der Waals surface area contributed by atoms with Crippen molar-refractivity contribution in [2.24, 2.45) is 11.7 Å². The lowest BCUT2D eigenvalue weighted by atomic mass is 10.0. The molecule has 0 amide bonds. The Morgan fingerprint density at radius 2 is 2.17 bits per heavy atom. The van der Waals surface area contributed by atoms with Crippen LogP contribution >= 0.6 is 0 Å². The molecule has 2 aromatic rings. The molecule has 0 saturated carbocycles. The summed E-state index contributed by atoms with van der Waals surface area (Å²) in [5, 5.41) is 0. The van der Waals surface area contributed by atoms with E-state index in [2.05, 4.69) is 36.8 Å². The number of hydrogen-bond donors (Lipinski definition) is 1. The molecule has 2 N–H and O–H groups in total.